The van der Waals surface area contributed by atoms with E-state index in [1.165, 1.54) is 11.1 Å². The van der Waals surface area contributed by atoms with E-state index >= 15 is 0 Å². The van der Waals surface area contributed by atoms with Gasteiger partial charge in [0.25, 0.3) is 0 Å². The first kappa shape index (κ1) is 14.8. The molecule has 0 spiro atoms. The van der Waals surface area contributed by atoms with Gasteiger partial charge in [-0.3, -0.25) is 0 Å². The third-order valence-corrected chi connectivity index (χ3v) is 4.38. The van der Waals surface area contributed by atoms with Crippen LogP contribution in [0.2, 0.25) is 0 Å². The Morgan fingerprint density at radius 1 is 1.05 bits per heavy atom. The maximum atomic E-state index is 4.32. The molecule has 1 aromatic carbocycles. The fourth-order valence-electron chi connectivity index (χ4n) is 2.08. The SMILES string of the molecule is CCNc1ncnc(Nc2cc(C)c(Br)c(C)c2)c1C. The molecule has 1 aromatic heterocycles. The second-order valence-corrected chi connectivity index (χ2v) is 5.57. The predicted molar refractivity (Wildman–Crippen MR) is 87.8 cm³/mol. The van der Waals surface area contributed by atoms with Crippen LogP contribution in [0.15, 0.2) is 22.9 Å². The fourth-order valence-corrected chi connectivity index (χ4v) is 2.31. The van der Waals surface area contributed by atoms with Crippen molar-refractivity contribution in [3.63, 3.8) is 0 Å². The van der Waals surface area contributed by atoms with Crippen LogP contribution in [-0.4, -0.2) is 16.5 Å². The predicted octanol–water partition coefficient (Wildman–Crippen LogP) is 4.34. The van der Waals surface area contributed by atoms with Gasteiger partial charge in [0.1, 0.15) is 18.0 Å². The zero-order valence-corrected chi connectivity index (χ0v) is 13.8. The molecule has 0 saturated carbocycles. The third-order valence-electron chi connectivity index (χ3n) is 3.13. The molecule has 2 aromatic rings. The molecule has 2 rings (SSSR count). The standard InChI is InChI=1S/C15H19BrN4/c1-5-17-14-11(4)15(19-8-18-14)20-12-6-9(2)13(16)10(3)7-12/h6-8H,5H2,1-4H3,(H2,17,18,19,20). The van der Waals surface area contributed by atoms with Gasteiger partial charge in [0.15, 0.2) is 0 Å². The molecule has 20 heavy (non-hydrogen) atoms. The second-order valence-electron chi connectivity index (χ2n) is 4.78. The lowest BCUT2D eigenvalue weighted by Crippen LogP contribution is -2.05. The van der Waals surface area contributed by atoms with Crippen molar-refractivity contribution in [2.45, 2.75) is 27.7 Å². The third kappa shape index (κ3) is 3.10. The Hall–Kier alpha value is -1.62. The lowest BCUT2D eigenvalue weighted by molar-refractivity contribution is 1.08. The highest BCUT2D eigenvalue weighted by Crippen LogP contribution is 2.28. The van der Waals surface area contributed by atoms with E-state index in [-0.39, 0.29) is 0 Å². The summed E-state index contributed by atoms with van der Waals surface area (Å²) in [6, 6.07) is 4.21. The summed E-state index contributed by atoms with van der Waals surface area (Å²) in [5, 5.41) is 6.60. The summed E-state index contributed by atoms with van der Waals surface area (Å²) in [5.41, 5.74) is 4.46. The van der Waals surface area contributed by atoms with Crippen molar-refractivity contribution in [1.82, 2.24) is 9.97 Å². The lowest BCUT2D eigenvalue weighted by atomic mass is 10.1. The molecule has 0 saturated heterocycles. The number of nitrogens with zero attached hydrogens (tertiary/aromatic N) is 2. The maximum absolute atomic E-state index is 4.32. The average Bonchev–Trinajstić information content (AvgIpc) is 2.41. The zero-order chi connectivity index (χ0) is 14.7. The van der Waals surface area contributed by atoms with Crippen LogP contribution in [0.1, 0.15) is 23.6 Å². The molecule has 2 N–H and O–H groups in total. The minimum atomic E-state index is 0.831. The highest BCUT2D eigenvalue weighted by Gasteiger charge is 2.08. The molecule has 0 amide bonds. The van der Waals surface area contributed by atoms with E-state index in [0.29, 0.717) is 0 Å². The van der Waals surface area contributed by atoms with Gasteiger partial charge >= 0.3 is 0 Å². The van der Waals surface area contributed by atoms with E-state index in [1.54, 1.807) is 6.33 Å². The number of halogens is 1. The molecule has 0 unspecified atom stereocenters. The number of hydrogen-bond donors (Lipinski definition) is 2. The molecule has 0 fully saturated rings. The first-order chi connectivity index (χ1) is 9.52. The average molecular weight is 335 g/mol. The lowest BCUT2D eigenvalue weighted by Gasteiger charge is -2.13. The van der Waals surface area contributed by atoms with Crippen molar-refractivity contribution < 1.29 is 0 Å². The van der Waals surface area contributed by atoms with Crippen molar-refractivity contribution in [1.29, 1.82) is 0 Å². The maximum Gasteiger partial charge on any atom is 0.138 e. The zero-order valence-electron chi connectivity index (χ0n) is 12.2. The molecule has 106 valence electrons. The van der Waals surface area contributed by atoms with E-state index < -0.39 is 0 Å². The van der Waals surface area contributed by atoms with E-state index in [0.717, 1.165) is 33.9 Å². The Kier molecular flexibility index (Phi) is 4.60. The first-order valence-corrected chi connectivity index (χ1v) is 7.41. The van der Waals surface area contributed by atoms with Crippen molar-refractivity contribution in [2.75, 3.05) is 17.2 Å². The summed E-state index contributed by atoms with van der Waals surface area (Å²) in [6.45, 7) is 9.07. The molecule has 5 heteroatoms. The Balaban J connectivity index is 2.33. The monoisotopic (exact) mass is 334 g/mol. The van der Waals surface area contributed by atoms with Crippen LogP contribution in [0.5, 0.6) is 0 Å². The Labute approximate surface area is 128 Å². The summed E-state index contributed by atoms with van der Waals surface area (Å²) in [7, 11) is 0. The summed E-state index contributed by atoms with van der Waals surface area (Å²) in [5.74, 6) is 1.70. The van der Waals surface area contributed by atoms with Gasteiger partial charge in [-0.05, 0) is 51.0 Å². The van der Waals surface area contributed by atoms with Gasteiger partial charge < -0.3 is 10.6 Å². The van der Waals surface area contributed by atoms with Gasteiger partial charge in [-0.25, -0.2) is 9.97 Å². The molecule has 0 aliphatic heterocycles. The van der Waals surface area contributed by atoms with E-state index in [9.17, 15) is 0 Å². The van der Waals surface area contributed by atoms with E-state index in [1.807, 2.05) is 6.92 Å². The molecule has 0 bridgehead atoms. The molecule has 0 radical (unpaired) electrons. The molecule has 0 atom stereocenters. The van der Waals surface area contributed by atoms with Crippen LogP contribution in [0.4, 0.5) is 17.3 Å². The molecule has 1 heterocycles. The minimum absolute atomic E-state index is 0.831. The van der Waals surface area contributed by atoms with Crippen LogP contribution in [0, 0.1) is 20.8 Å². The largest absolute Gasteiger partial charge is 0.370 e. The van der Waals surface area contributed by atoms with Crippen LogP contribution in [0.25, 0.3) is 0 Å². The van der Waals surface area contributed by atoms with Crippen LogP contribution in [-0.2, 0) is 0 Å². The number of aromatic nitrogens is 2. The van der Waals surface area contributed by atoms with Crippen LogP contribution < -0.4 is 10.6 Å². The highest BCUT2D eigenvalue weighted by molar-refractivity contribution is 9.10. The normalized spacial score (nSPS) is 10.4. The minimum Gasteiger partial charge on any atom is -0.370 e. The number of aryl methyl sites for hydroxylation is 2. The highest BCUT2D eigenvalue weighted by atomic mass is 79.9. The van der Waals surface area contributed by atoms with Gasteiger partial charge in [0.2, 0.25) is 0 Å². The summed E-state index contributed by atoms with van der Waals surface area (Å²) in [6.07, 6.45) is 1.58. The molecule has 0 aliphatic rings. The quantitative estimate of drug-likeness (QED) is 0.873. The van der Waals surface area contributed by atoms with Crippen molar-refractivity contribution in [2.24, 2.45) is 0 Å². The summed E-state index contributed by atoms with van der Waals surface area (Å²) in [4.78, 5) is 8.57. The number of benzene rings is 1. The van der Waals surface area contributed by atoms with Gasteiger partial charge in [0, 0.05) is 22.3 Å². The second kappa shape index (κ2) is 6.22. The Morgan fingerprint density at radius 3 is 2.25 bits per heavy atom. The van der Waals surface area contributed by atoms with Crippen LogP contribution in [0.3, 0.4) is 0 Å². The summed E-state index contributed by atoms with van der Waals surface area (Å²) < 4.78 is 1.15. The van der Waals surface area contributed by atoms with Gasteiger partial charge in [-0.1, -0.05) is 15.9 Å². The smallest absolute Gasteiger partial charge is 0.138 e. The van der Waals surface area contributed by atoms with Gasteiger partial charge in [-0.2, -0.15) is 0 Å². The van der Waals surface area contributed by atoms with Crippen LogP contribution >= 0.6 is 15.9 Å². The Bertz CT molecular complexity index is 602. The van der Waals surface area contributed by atoms with Crippen molar-refractivity contribution >= 4 is 33.3 Å². The molecular formula is C15H19BrN4. The van der Waals surface area contributed by atoms with Gasteiger partial charge in [0.05, 0.1) is 0 Å². The number of rotatable bonds is 4. The fraction of sp³-hybridized carbons (Fsp3) is 0.333. The Morgan fingerprint density at radius 2 is 1.65 bits per heavy atom. The molecule has 4 nitrogen and oxygen atoms in total. The summed E-state index contributed by atoms with van der Waals surface area (Å²) >= 11 is 3.58. The van der Waals surface area contributed by atoms with E-state index in [4.69, 9.17) is 0 Å². The van der Waals surface area contributed by atoms with Gasteiger partial charge in [-0.15, -0.1) is 0 Å². The molecular weight excluding hydrogens is 316 g/mol. The van der Waals surface area contributed by atoms with E-state index in [2.05, 4.69) is 69.4 Å². The molecule has 0 aliphatic carbocycles. The number of hydrogen-bond acceptors (Lipinski definition) is 4. The first-order valence-electron chi connectivity index (χ1n) is 6.62. The number of nitrogens with one attached hydrogen (secondary N) is 2. The topological polar surface area (TPSA) is 49.8 Å². The van der Waals surface area contributed by atoms with Crippen molar-refractivity contribution in [3.05, 3.63) is 39.6 Å². The number of anilines is 3. The van der Waals surface area contributed by atoms with Crippen molar-refractivity contribution in [3.8, 4) is 0 Å².